The van der Waals surface area contributed by atoms with Gasteiger partial charge in [0.2, 0.25) is 0 Å². The predicted octanol–water partition coefficient (Wildman–Crippen LogP) is 5.66. The molecule has 0 saturated carbocycles. The maximum absolute atomic E-state index is 12.9. The first-order valence-electron chi connectivity index (χ1n) is 7.78. The fourth-order valence-electron chi connectivity index (χ4n) is 2.81. The number of hydrogen-bond donors (Lipinski definition) is 0. The molecule has 0 radical (unpaired) electrons. The van der Waals surface area contributed by atoms with Gasteiger partial charge in [0.15, 0.2) is 0 Å². The topological polar surface area (TPSA) is 43.4 Å². The molecule has 0 spiro atoms. The van der Waals surface area contributed by atoms with Gasteiger partial charge < -0.3 is 0 Å². The Balaban J connectivity index is 1.86. The molecule has 0 atom stereocenters. The van der Waals surface area contributed by atoms with E-state index in [0.29, 0.717) is 7.14 Å². The Morgan fingerprint density at radius 3 is 2.07 bits per heavy atom. The summed E-state index contributed by atoms with van der Waals surface area (Å²) in [7, 11) is -5.67. The van der Waals surface area contributed by atoms with Gasteiger partial charge in [0, 0.05) is 0 Å². The maximum atomic E-state index is 12.9. The second kappa shape index (κ2) is 6.61. The van der Waals surface area contributed by atoms with Crippen molar-refractivity contribution in [3.8, 4) is 22.3 Å². The summed E-state index contributed by atoms with van der Waals surface area (Å²) in [6.45, 7) is 0. The molecule has 1 heterocycles. The van der Waals surface area contributed by atoms with Crippen LogP contribution in [0.15, 0.2) is 72.8 Å². The molecule has 0 aliphatic carbocycles. The number of fused-ring (bicyclic) bond motifs is 3. The van der Waals surface area contributed by atoms with E-state index in [4.69, 9.17) is 2.51 Å². The Morgan fingerprint density at radius 1 is 0.741 bits per heavy atom. The third-order valence-electron chi connectivity index (χ3n) is 4.04. The fourth-order valence-corrected chi connectivity index (χ4v) is 10.2. The van der Waals surface area contributed by atoms with E-state index in [1.165, 1.54) is 0 Å². The SMILES string of the molecule is O=S(=O)(OI1c2ccccc2-c2ccc(-c3ccccc3)cc21)C(F)(F)F. The van der Waals surface area contributed by atoms with Crippen LogP contribution in [-0.4, -0.2) is 13.9 Å². The second-order valence-electron chi connectivity index (χ2n) is 5.75. The Labute approximate surface area is 161 Å². The summed E-state index contributed by atoms with van der Waals surface area (Å²) in [6, 6.07) is 21.7. The summed E-state index contributed by atoms with van der Waals surface area (Å²) >= 11 is -3.28. The van der Waals surface area contributed by atoms with Crippen LogP contribution in [0.5, 0.6) is 0 Å². The van der Waals surface area contributed by atoms with Crippen molar-refractivity contribution in [2.45, 2.75) is 5.51 Å². The van der Waals surface area contributed by atoms with Gasteiger partial charge >= 0.3 is 162 Å². The van der Waals surface area contributed by atoms with Gasteiger partial charge in [0.1, 0.15) is 0 Å². The van der Waals surface area contributed by atoms with Crippen LogP contribution < -0.4 is 0 Å². The summed E-state index contributed by atoms with van der Waals surface area (Å²) in [5.41, 5.74) is -2.29. The van der Waals surface area contributed by atoms with E-state index in [-0.39, 0.29) is 0 Å². The van der Waals surface area contributed by atoms with E-state index in [1.54, 1.807) is 30.3 Å². The van der Waals surface area contributed by atoms with Crippen molar-refractivity contribution in [1.82, 2.24) is 0 Å². The summed E-state index contributed by atoms with van der Waals surface area (Å²) in [4.78, 5) is 0. The summed E-state index contributed by atoms with van der Waals surface area (Å²) < 4.78 is 67.9. The normalized spacial score (nSPS) is 14.7. The molecule has 1 aliphatic heterocycles. The van der Waals surface area contributed by atoms with Crippen molar-refractivity contribution in [1.29, 1.82) is 0 Å². The molecule has 3 nitrogen and oxygen atoms in total. The molecule has 0 aromatic heterocycles. The molecule has 3 aromatic carbocycles. The van der Waals surface area contributed by atoms with Crippen molar-refractivity contribution >= 4 is 30.4 Å². The molecule has 0 saturated heterocycles. The van der Waals surface area contributed by atoms with Gasteiger partial charge in [-0.3, -0.25) is 0 Å². The zero-order valence-electron chi connectivity index (χ0n) is 13.6. The van der Waals surface area contributed by atoms with E-state index < -0.39 is 35.9 Å². The fraction of sp³-hybridized carbons (Fsp3) is 0.0526. The molecule has 3 aromatic rings. The van der Waals surface area contributed by atoms with E-state index in [0.717, 1.165) is 22.3 Å². The van der Waals surface area contributed by atoms with Crippen LogP contribution in [-0.2, 0) is 12.6 Å². The van der Waals surface area contributed by atoms with Crippen molar-refractivity contribution in [2.75, 3.05) is 0 Å². The van der Waals surface area contributed by atoms with Crippen molar-refractivity contribution in [2.24, 2.45) is 0 Å². The van der Waals surface area contributed by atoms with E-state index in [2.05, 4.69) is 0 Å². The molecular weight excluding hydrogens is 492 g/mol. The van der Waals surface area contributed by atoms with Crippen LogP contribution in [0.3, 0.4) is 0 Å². The van der Waals surface area contributed by atoms with E-state index in [9.17, 15) is 21.6 Å². The minimum absolute atomic E-state index is 0.551. The van der Waals surface area contributed by atoms with Gasteiger partial charge in [-0.05, 0) is 0 Å². The Hall–Kier alpha value is -1.91. The predicted molar refractivity (Wildman–Crippen MR) is 105 cm³/mol. The summed E-state index contributed by atoms with van der Waals surface area (Å²) in [6.07, 6.45) is 0. The standard InChI is InChI=1S/C19H12F3IO3S/c20-19(21,22)27(24,25)26-23-17-9-5-4-8-15(17)16-11-10-14(12-18(16)23)13-6-2-1-3-7-13/h1-12H. The summed E-state index contributed by atoms with van der Waals surface area (Å²) in [5.74, 6) is 0. The van der Waals surface area contributed by atoms with Crippen LogP contribution in [0, 0.1) is 7.14 Å². The molecule has 140 valence electrons. The average molecular weight is 504 g/mol. The van der Waals surface area contributed by atoms with Crippen LogP contribution in [0.2, 0.25) is 0 Å². The number of halogens is 4. The third kappa shape index (κ3) is 3.26. The average Bonchev–Trinajstić information content (AvgIpc) is 2.95. The first kappa shape index (κ1) is 18.5. The van der Waals surface area contributed by atoms with Gasteiger partial charge in [-0.2, -0.15) is 0 Å². The molecule has 0 amide bonds. The minimum atomic E-state index is -5.67. The number of benzene rings is 3. The molecule has 1 aliphatic rings. The molecule has 0 fully saturated rings. The van der Waals surface area contributed by atoms with E-state index >= 15 is 0 Å². The Morgan fingerprint density at radius 2 is 1.37 bits per heavy atom. The quantitative estimate of drug-likeness (QED) is 0.342. The molecule has 0 unspecified atom stereocenters. The number of hydrogen-bond acceptors (Lipinski definition) is 3. The zero-order chi connectivity index (χ0) is 19.2. The molecular formula is C19H12F3IO3S. The first-order valence-corrected chi connectivity index (χ1v) is 12.2. The Bertz CT molecular complexity index is 1110. The van der Waals surface area contributed by atoms with Gasteiger partial charge in [-0.15, -0.1) is 0 Å². The van der Waals surface area contributed by atoms with E-state index in [1.807, 2.05) is 42.5 Å². The van der Waals surface area contributed by atoms with Crippen molar-refractivity contribution < 1.29 is 24.1 Å². The number of alkyl halides is 3. The zero-order valence-corrected chi connectivity index (χ0v) is 16.5. The molecule has 4 rings (SSSR count). The molecule has 0 bridgehead atoms. The summed E-state index contributed by atoms with van der Waals surface area (Å²) in [5, 5.41) is 0. The van der Waals surface area contributed by atoms with Crippen LogP contribution in [0.1, 0.15) is 0 Å². The second-order valence-corrected chi connectivity index (χ2v) is 12.1. The van der Waals surface area contributed by atoms with Crippen molar-refractivity contribution in [3.05, 3.63) is 79.9 Å². The number of rotatable bonds is 3. The van der Waals surface area contributed by atoms with Gasteiger partial charge in [-0.1, -0.05) is 0 Å². The Kier molecular flexibility index (Phi) is 4.52. The van der Waals surface area contributed by atoms with Crippen LogP contribution >= 0.6 is 20.2 Å². The molecule has 0 N–H and O–H groups in total. The third-order valence-corrected chi connectivity index (χ3v) is 11.3. The molecule has 27 heavy (non-hydrogen) atoms. The first-order chi connectivity index (χ1) is 12.8. The monoisotopic (exact) mass is 504 g/mol. The van der Waals surface area contributed by atoms with Gasteiger partial charge in [-0.25, -0.2) is 0 Å². The van der Waals surface area contributed by atoms with Crippen molar-refractivity contribution in [3.63, 3.8) is 0 Å². The van der Waals surface area contributed by atoms with Crippen LogP contribution in [0.4, 0.5) is 13.2 Å². The van der Waals surface area contributed by atoms with Gasteiger partial charge in [0.25, 0.3) is 0 Å². The van der Waals surface area contributed by atoms with Gasteiger partial charge in [0.05, 0.1) is 0 Å². The van der Waals surface area contributed by atoms with Crippen LogP contribution in [0.25, 0.3) is 22.3 Å². The molecule has 8 heteroatoms.